The molecule has 0 bridgehead atoms. The van der Waals surface area contributed by atoms with Gasteiger partial charge in [0.1, 0.15) is 5.82 Å². The smallest absolute Gasteiger partial charge is 0.146 e. The van der Waals surface area contributed by atoms with Crippen LogP contribution in [-0.4, -0.2) is 13.1 Å². The summed E-state index contributed by atoms with van der Waals surface area (Å²) in [6, 6.07) is 6.02. The molecule has 0 spiro atoms. The quantitative estimate of drug-likeness (QED) is 0.729. The largest absolute Gasteiger partial charge is 0.369 e. The van der Waals surface area contributed by atoms with Crippen molar-refractivity contribution < 1.29 is 4.39 Å². The van der Waals surface area contributed by atoms with E-state index in [1.807, 2.05) is 19.2 Å². The Hall–Kier alpha value is -0.570. The van der Waals surface area contributed by atoms with Gasteiger partial charge in [0, 0.05) is 18.4 Å². The van der Waals surface area contributed by atoms with Crippen molar-refractivity contribution >= 4 is 21.6 Å². The lowest BCUT2D eigenvalue weighted by molar-refractivity contribution is 0.339. The van der Waals surface area contributed by atoms with Crippen LogP contribution in [0.3, 0.4) is 0 Å². The minimum atomic E-state index is -0.104. The molecule has 0 aromatic heterocycles. The van der Waals surface area contributed by atoms with Gasteiger partial charge in [-0.2, -0.15) is 0 Å². The maximum atomic E-state index is 14.1. The average molecular weight is 314 g/mol. The number of hydrogen-bond donors (Lipinski definition) is 0. The minimum Gasteiger partial charge on any atom is -0.369 e. The monoisotopic (exact) mass is 313 g/mol. The predicted molar refractivity (Wildman–Crippen MR) is 78.9 cm³/mol. The minimum absolute atomic E-state index is 0.104. The second kappa shape index (κ2) is 6.05. The molecule has 0 aliphatic heterocycles. The van der Waals surface area contributed by atoms with Gasteiger partial charge in [-0.1, -0.05) is 28.9 Å². The fourth-order valence-electron chi connectivity index (χ4n) is 2.75. The molecule has 0 amide bonds. The molecule has 1 aliphatic carbocycles. The molecular formula is C15H21BrFN. The molecule has 100 valence electrons. The summed E-state index contributed by atoms with van der Waals surface area (Å²) in [6.45, 7) is 2.31. The number of alkyl halides is 1. The van der Waals surface area contributed by atoms with Crippen LogP contribution in [0, 0.1) is 11.7 Å². The number of rotatable bonds is 3. The second-order valence-electron chi connectivity index (χ2n) is 5.44. The molecule has 0 saturated heterocycles. The van der Waals surface area contributed by atoms with Crippen molar-refractivity contribution in [3.05, 3.63) is 29.6 Å². The summed E-state index contributed by atoms with van der Waals surface area (Å²) < 4.78 is 14.1. The molecule has 0 N–H and O–H groups in total. The highest BCUT2D eigenvalue weighted by molar-refractivity contribution is 9.08. The van der Waals surface area contributed by atoms with E-state index in [0.29, 0.717) is 11.4 Å². The molecule has 0 heterocycles. The fraction of sp³-hybridized carbons (Fsp3) is 0.600. The van der Waals surface area contributed by atoms with Gasteiger partial charge in [0.25, 0.3) is 0 Å². The van der Waals surface area contributed by atoms with Crippen molar-refractivity contribution in [1.82, 2.24) is 0 Å². The van der Waals surface area contributed by atoms with Gasteiger partial charge in [-0.3, -0.25) is 0 Å². The van der Waals surface area contributed by atoms with Crippen LogP contribution in [-0.2, 0) is 5.33 Å². The first-order valence-electron chi connectivity index (χ1n) is 6.69. The van der Waals surface area contributed by atoms with Crippen molar-refractivity contribution in [1.29, 1.82) is 0 Å². The number of hydrogen-bond acceptors (Lipinski definition) is 1. The van der Waals surface area contributed by atoms with Crippen molar-refractivity contribution in [2.75, 3.05) is 11.9 Å². The molecule has 1 nitrogen and oxygen atoms in total. The van der Waals surface area contributed by atoms with E-state index in [9.17, 15) is 4.39 Å². The van der Waals surface area contributed by atoms with Crippen LogP contribution in [0.4, 0.5) is 10.1 Å². The molecule has 3 heteroatoms. The van der Waals surface area contributed by atoms with Gasteiger partial charge >= 0.3 is 0 Å². The molecule has 0 radical (unpaired) electrons. The van der Waals surface area contributed by atoms with E-state index in [0.717, 1.165) is 17.2 Å². The summed E-state index contributed by atoms with van der Waals surface area (Å²) in [4.78, 5) is 2.12. The third-order valence-electron chi connectivity index (χ3n) is 4.08. The summed E-state index contributed by atoms with van der Waals surface area (Å²) in [5.41, 5.74) is 1.72. The Labute approximate surface area is 118 Å². The van der Waals surface area contributed by atoms with E-state index < -0.39 is 0 Å². The van der Waals surface area contributed by atoms with Crippen molar-refractivity contribution in [2.24, 2.45) is 5.92 Å². The van der Waals surface area contributed by atoms with Gasteiger partial charge in [0.05, 0.1) is 5.69 Å². The van der Waals surface area contributed by atoms with Gasteiger partial charge in [0.2, 0.25) is 0 Å². The second-order valence-corrected chi connectivity index (χ2v) is 6.00. The van der Waals surface area contributed by atoms with Gasteiger partial charge in [-0.15, -0.1) is 0 Å². The number of benzene rings is 1. The van der Waals surface area contributed by atoms with E-state index in [2.05, 4.69) is 27.8 Å². The van der Waals surface area contributed by atoms with Crippen molar-refractivity contribution in [3.8, 4) is 0 Å². The van der Waals surface area contributed by atoms with E-state index in [-0.39, 0.29) is 5.82 Å². The van der Waals surface area contributed by atoms with E-state index >= 15 is 0 Å². The highest BCUT2D eigenvalue weighted by Crippen LogP contribution is 2.30. The highest BCUT2D eigenvalue weighted by Gasteiger charge is 2.23. The Morgan fingerprint density at radius 2 is 1.94 bits per heavy atom. The number of anilines is 1. The average Bonchev–Trinajstić information content (AvgIpc) is 2.38. The molecular weight excluding hydrogens is 293 g/mol. The normalized spacial score (nSPS) is 24.0. The number of halogens is 2. The van der Waals surface area contributed by atoms with Gasteiger partial charge in [-0.05, 0) is 49.3 Å². The van der Waals surface area contributed by atoms with Gasteiger partial charge in [0.15, 0.2) is 0 Å². The van der Waals surface area contributed by atoms with Gasteiger partial charge in [-0.25, -0.2) is 4.39 Å². The van der Waals surface area contributed by atoms with Crippen LogP contribution < -0.4 is 4.90 Å². The van der Waals surface area contributed by atoms with Crippen LogP contribution in [0.2, 0.25) is 0 Å². The summed E-state index contributed by atoms with van der Waals surface area (Å²) in [5, 5.41) is 0.703. The lowest BCUT2D eigenvalue weighted by atomic mass is 9.86. The molecule has 1 aromatic carbocycles. The Bertz CT molecular complexity index is 399. The Morgan fingerprint density at radius 1 is 1.28 bits per heavy atom. The molecule has 1 saturated carbocycles. The molecule has 1 aliphatic rings. The summed E-state index contributed by atoms with van der Waals surface area (Å²) in [7, 11) is 2.02. The summed E-state index contributed by atoms with van der Waals surface area (Å²) in [5.74, 6) is 0.725. The van der Waals surface area contributed by atoms with Crippen molar-refractivity contribution in [3.63, 3.8) is 0 Å². The summed E-state index contributed by atoms with van der Waals surface area (Å²) >= 11 is 3.36. The molecule has 0 atom stereocenters. The van der Waals surface area contributed by atoms with E-state index in [1.54, 1.807) is 6.07 Å². The third-order valence-corrected chi connectivity index (χ3v) is 4.73. The van der Waals surface area contributed by atoms with E-state index in [1.165, 1.54) is 25.7 Å². The Morgan fingerprint density at radius 3 is 2.50 bits per heavy atom. The first kappa shape index (κ1) is 13.9. The standard InChI is InChI=1S/C15H21BrFN/c1-11-3-6-13(7-4-11)18(2)15-8-5-12(10-16)9-14(15)17/h5,8-9,11,13H,3-4,6-7,10H2,1-2H3. The number of nitrogens with zero attached hydrogens (tertiary/aromatic N) is 1. The SMILES string of the molecule is CC1CCC(N(C)c2ccc(CBr)cc2F)CC1. The molecule has 0 unspecified atom stereocenters. The maximum absolute atomic E-state index is 14.1. The first-order chi connectivity index (χ1) is 8.61. The maximum Gasteiger partial charge on any atom is 0.146 e. The van der Waals surface area contributed by atoms with Crippen LogP contribution in [0.25, 0.3) is 0 Å². The zero-order valence-electron chi connectivity index (χ0n) is 11.1. The van der Waals surface area contributed by atoms with Crippen LogP contribution in [0.15, 0.2) is 18.2 Å². The van der Waals surface area contributed by atoms with Gasteiger partial charge < -0.3 is 4.90 Å². The molecule has 1 aromatic rings. The lowest BCUT2D eigenvalue weighted by Crippen LogP contribution is -2.35. The third kappa shape index (κ3) is 3.05. The zero-order valence-corrected chi connectivity index (χ0v) is 12.7. The van der Waals surface area contributed by atoms with E-state index in [4.69, 9.17) is 0 Å². The zero-order chi connectivity index (χ0) is 13.1. The summed E-state index contributed by atoms with van der Waals surface area (Å²) in [6.07, 6.45) is 4.88. The predicted octanol–water partition coefficient (Wildman–Crippen LogP) is 4.74. The van der Waals surface area contributed by atoms with Crippen LogP contribution in [0.1, 0.15) is 38.2 Å². The molecule has 2 rings (SSSR count). The highest BCUT2D eigenvalue weighted by atomic mass is 79.9. The Kier molecular flexibility index (Phi) is 4.66. The Balaban J connectivity index is 2.11. The van der Waals surface area contributed by atoms with Crippen LogP contribution in [0.5, 0.6) is 0 Å². The fourth-order valence-corrected chi connectivity index (χ4v) is 3.09. The molecule has 1 fully saturated rings. The first-order valence-corrected chi connectivity index (χ1v) is 7.81. The molecule has 18 heavy (non-hydrogen) atoms. The van der Waals surface area contributed by atoms with Crippen molar-refractivity contribution in [2.45, 2.75) is 44.0 Å². The van der Waals surface area contributed by atoms with Crippen LogP contribution >= 0.6 is 15.9 Å². The lowest BCUT2D eigenvalue weighted by Gasteiger charge is -2.35. The topological polar surface area (TPSA) is 3.24 Å².